The minimum atomic E-state index is -4.41. The number of unbranched alkanes of at least 4 members (excludes halogenated alkanes) is 1. The normalized spacial score (nSPS) is 21.8. The van der Waals surface area contributed by atoms with Crippen LogP contribution in [0.4, 0.5) is 13.2 Å². The quantitative estimate of drug-likeness (QED) is 0.342. The average molecular weight is 492 g/mol. The first-order chi connectivity index (χ1) is 13.3. The van der Waals surface area contributed by atoms with Gasteiger partial charge in [-0.25, -0.2) is 4.99 Å². The Balaban J connectivity index is 2.10. The first-order valence-electron chi connectivity index (χ1n) is 8.62. The maximum atomic E-state index is 13.3. The molecule has 0 fully saturated rings. The Labute approximate surface area is 177 Å². The van der Waals surface area contributed by atoms with Crippen molar-refractivity contribution < 1.29 is 13.2 Å². The molecule has 1 unspecified atom stereocenters. The van der Waals surface area contributed by atoms with Crippen LogP contribution < -0.4 is 5.73 Å². The summed E-state index contributed by atoms with van der Waals surface area (Å²) in [5.74, 6) is 0.652. The van der Waals surface area contributed by atoms with Crippen LogP contribution in [0.3, 0.4) is 0 Å². The third-order valence-corrected chi connectivity index (χ3v) is 8.76. The molecule has 0 bridgehead atoms. The number of amidine groups is 1. The molecule has 0 aliphatic carbocycles. The highest BCUT2D eigenvalue weighted by molar-refractivity contribution is 9.09. The van der Waals surface area contributed by atoms with Gasteiger partial charge in [-0.05, 0) is 54.3 Å². The first kappa shape index (κ1) is 21.3. The van der Waals surface area contributed by atoms with Gasteiger partial charge < -0.3 is 5.73 Å². The molecule has 1 aliphatic heterocycles. The van der Waals surface area contributed by atoms with Gasteiger partial charge in [0.25, 0.3) is 0 Å². The fourth-order valence-corrected chi connectivity index (χ4v) is 6.85. The highest BCUT2D eigenvalue weighted by atomic mass is 79.9. The fourth-order valence-electron chi connectivity index (χ4n) is 3.05. The Morgan fingerprint density at radius 3 is 2.50 bits per heavy atom. The highest BCUT2D eigenvalue weighted by Gasteiger charge is 2.36. The predicted octanol–water partition coefficient (Wildman–Crippen LogP) is 7.02. The molecule has 1 heterocycles. The molecule has 3 rings (SSSR count). The van der Waals surface area contributed by atoms with E-state index in [1.807, 2.05) is 17.5 Å². The lowest BCUT2D eigenvalue weighted by Crippen LogP contribution is -2.21. The van der Waals surface area contributed by atoms with Crippen LogP contribution in [0.15, 0.2) is 63.8 Å². The van der Waals surface area contributed by atoms with Crippen molar-refractivity contribution in [2.24, 2.45) is 10.7 Å². The lowest BCUT2D eigenvalue weighted by Gasteiger charge is -2.34. The van der Waals surface area contributed by atoms with Crippen molar-refractivity contribution in [2.75, 3.05) is 11.1 Å². The van der Waals surface area contributed by atoms with Gasteiger partial charge in [0.15, 0.2) is 0 Å². The van der Waals surface area contributed by atoms with Crippen LogP contribution in [0.2, 0.25) is 5.02 Å². The molecule has 2 aromatic rings. The van der Waals surface area contributed by atoms with E-state index >= 15 is 0 Å². The second-order valence-corrected chi connectivity index (χ2v) is 10.7. The molecule has 0 saturated heterocycles. The average Bonchev–Trinajstić information content (AvgIpc) is 2.99. The summed E-state index contributed by atoms with van der Waals surface area (Å²) in [7, 11) is -1.98. The van der Waals surface area contributed by atoms with Crippen molar-refractivity contribution in [1.82, 2.24) is 0 Å². The molecule has 0 saturated carbocycles. The molecule has 2 nitrogen and oxygen atoms in total. The minimum absolute atomic E-state index is 0.386. The van der Waals surface area contributed by atoms with Gasteiger partial charge >= 0.3 is 6.18 Å². The lowest BCUT2D eigenvalue weighted by molar-refractivity contribution is -0.137. The Morgan fingerprint density at radius 1 is 1.07 bits per heavy atom. The van der Waals surface area contributed by atoms with Gasteiger partial charge in [0, 0.05) is 20.8 Å². The van der Waals surface area contributed by atoms with E-state index in [1.165, 1.54) is 12.1 Å². The number of nitrogens with zero attached hydrogens (tertiary/aromatic N) is 1. The summed E-state index contributed by atoms with van der Waals surface area (Å²) in [4.78, 5) is 5.12. The summed E-state index contributed by atoms with van der Waals surface area (Å²) in [5.41, 5.74) is 7.15. The first-order valence-corrected chi connectivity index (χ1v) is 12.0. The number of nitrogens with two attached hydrogens (primary N) is 1. The molecule has 1 atom stereocenters. The third kappa shape index (κ3) is 4.42. The van der Waals surface area contributed by atoms with E-state index in [0.29, 0.717) is 26.5 Å². The largest absolute Gasteiger partial charge is 0.416 e. The van der Waals surface area contributed by atoms with Crippen LogP contribution in [-0.2, 0) is 6.18 Å². The molecule has 2 aromatic carbocycles. The Morgan fingerprint density at radius 2 is 1.82 bits per heavy atom. The maximum Gasteiger partial charge on any atom is 0.416 e. The third-order valence-electron chi connectivity index (χ3n) is 4.47. The summed E-state index contributed by atoms with van der Waals surface area (Å²) in [6.45, 7) is 0. The van der Waals surface area contributed by atoms with E-state index in [1.54, 1.807) is 18.2 Å². The van der Waals surface area contributed by atoms with Gasteiger partial charge in [-0.3, -0.25) is 0 Å². The molecule has 0 spiro atoms. The zero-order valence-corrected chi connectivity index (χ0v) is 18.0. The van der Waals surface area contributed by atoms with Crippen LogP contribution in [0.5, 0.6) is 0 Å². The van der Waals surface area contributed by atoms with E-state index < -0.39 is 21.8 Å². The fraction of sp³-hybridized carbons (Fsp3) is 0.250. The van der Waals surface area contributed by atoms with Crippen molar-refractivity contribution >= 4 is 48.4 Å². The van der Waals surface area contributed by atoms with Gasteiger partial charge in [-0.2, -0.15) is 13.2 Å². The molecule has 8 heteroatoms. The van der Waals surface area contributed by atoms with E-state index in [0.717, 1.165) is 29.8 Å². The van der Waals surface area contributed by atoms with Crippen LogP contribution in [0.1, 0.15) is 24.0 Å². The van der Waals surface area contributed by atoms with Crippen LogP contribution in [0, 0.1) is 0 Å². The summed E-state index contributed by atoms with van der Waals surface area (Å²) in [6.07, 6.45) is -2.68. The van der Waals surface area contributed by atoms with Gasteiger partial charge in [0.2, 0.25) is 0 Å². The summed E-state index contributed by atoms with van der Waals surface area (Å²) >= 11 is 9.50. The molecule has 28 heavy (non-hydrogen) atoms. The van der Waals surface area contributed by atoms with E-state index in [2.05, 4.69) is 20.9 Å². The van der Waals surface area contributed by atoms with Gasteiger partial charge in [-0.1, -0.05) is 45.7 Å². The van der Waals surface area contributed by atoms with E-state index in [4.69, 9.17) is 17.3 Å². The number of aliphatic imine (C=N–C) groups is 1. The number of alkyl halides is 4. The smallest absolute Gasteiger partial charge is 0.379 e. The van der Waals surface area contributed by atoms with E-state index in [9.17, 15) is 13.2 Å². The highest BCUT2D eigenvalue weighted by Crippen LogP contribution is 2.62. The van der Waals surface area contributed by atoms with Crippen LogP contribution >= 0.6 is 37.6 Å². The van der Waals surface area contributed by atoms with Crippen LogP contribution in [-0.4, -0.2) is 16.3 Å². The zero-order chi connectivity index (χ0) is 20.4. The lowest BCUT2D eigenvalue weighted by atomic mass is 10.2. The number of rotatable bonds is 6. The van der Waals surface area contributed by atoms with Crippen LogP contribution in [0.25, 0.3) is 5.70 Å². The van der Waals surface area contributed by atoms with Gasteiger partial charge in [-0.15, -0.1) is 10.0 Å². The molecule has 2 N–H and O–H groups in total. The topological polar surface area (TPSA) is 38.4 Å². The SMILES string of the molecule is NC1=NC(c2cccc(Cl)c2)=CS1(CCCCBr)c1cccc(C(F)(F)F)c1. The number of halogens is 5. The summed E-state index contributed by atoms with van der Waals surface area (Å²) in [5, 5.41) is 3.74. The van der Waals surface area contributed by atoms with Crippen molar-refractivity contribution in [1.29, 1.82) is 0 Å². The number of hydrogen-bond acceptors (Lipinski definition) is 2. The Bertz CT molecular complexity index is 930. The van der Waals surface area contributed by atoms with Crippen molar-refractivity contribution in [3.63, 3.8) is 0 Å². The zero-order valence-electron chi connectivity index (χ0n) is 14.8. The van der Waals surface area contributed by atoms with Crippen molar-refractivity contribution in [3.8, 4) is 0 Å². The Kier molecular flexibility index (Phi) is 6.47. The standard InChI is InChI=1S/C20H19BrClF3N2S/c21-9-1-2-10-28(17-8-4-6-15(12-17)20(23,24)25)13-18(27-19(28)26)14-5-3-7-16(22)11-14/h3-8,11-13H,1-2,9-10H2,(H2,26,27). The second-order valence-electron chi connectivity index (χ2n) is 6.38. The molecule has 1 aliphatic rings. The molecular formula is C20H19BrClF3N2S. The summed E-state index contributed by atoms with van der Waals surface area (Å²) < 4.78 is 39.8. The molecule has 0 aromatic heterocycles. The molecular weight excluding hydrogens is 473 g/mol. The Hall–Kier alpha value is -1.44. The minimum Gasteiger partial charge on any atom is -0.379 e. The van der Waals surface area contributed by atoms with Gasteiger partial charge in [0.1, 0.15) is 5.17 Å². The van der Waals surface area contributed by atoms with Crippen molar-refractivity contribution in [2.45, 2.75) is 23.9 Å². The summed E-state index contributed by atoms with van der Waals surface area (Å²) in [6, 6.07) is 12.7. The second kappa shape index (κ2) is 8.51. The van der Waals surface area contributed by atoms with Gasteiger partial charge in [0.05, 0.1) is 11.3 Å². The monoisotopic (exact) mass is 490 g/mol. The number of benzene rings is 2. The molecule has 0 amide bonds. The maximum absolute atomic E-state index is 13.3. The number of hydrogen-bond donors (Lipinski definition) is 1. The molecule has 150 valence electrons. The van der Waals surface area contributed by atoms with Crippen molar-refractivity contribution in [3.05, 3.63) is 70.1 Å². The molecule has 0 radical (unpaired) electrons. The predicted molar refractivity (Wildman–Crippen MR) is 116 cm³/mol. The van der Waals surface area contributed by atoms with E-state index in [-0.39, 0.29) is 0 Å².